The number of aromatic carboxylic acids is 1. The van der Waals surface area contributed by atoms with Crippen molar-refractivity contribution in [3.8, 4) is 6.07 Å². The van der Waals surface area contributed by atoms with Crippen molar-refractivity contribution in [3.63, 3.8) is 0 Å². The molecule has 1 rings (SSSR count). The van der Waals surface area contributed by atoms with Crippen LogP contribution >= 0.6 is 0 Å². The van der Waals surface area contributed by atoms with E-state index >= 15 is 0 Å². The van der Waals surface area contributed by atoms with E-state index in [9.17, 15) is 9.59 Å². The van der Waals surface area contributed by atoms with Crippen LogP contribution in [-0.4, -0.2) is 29.0 Å². The highest BCUT2D eigenvalue weighted by Crippen LogP contribution is 2.12. The Labute approximate surface area is 134 Å². The van der Waals surface area contributed by atoms with E-state index in [1.807, 2.05) is 13.0 Å². The number of rotatable bonds is 6. The number of allylic oxidation sites excluding steroid dienone is 5. The summed E-state index contributed by atoms with van der Waals surface area (Å²) in [5.41, 5.74) is 1.79. The molecule has 6 nitrogen and oxygen atoms in total. The Morgan fingerprint density at radius 3 is 2.65 bits per heavy atom. The topological polar surface area (TPSA) is 103 Å². The van der Waals surface area contributed by atoms with Gasteiger partial charge in [-0.1, -0.05) is 24.3 Å². The van der Waals surface area contributed by atoms with Crippen LogP contribution in [0.5, 0.6) is 0 Å². The Morgan fingerprint density at radius 1 is 1.43 bits per heavy atom. The molecule has 2 N–H and O–H groups in total. The minimum Gasteiger partial charge on any atom is -0.478 e. The van der Waals surface area contributed by atoms with Crippen molar-refractivity contribution in [1.82, 2.24) is 10.3 Å². The number of carbonyl (C=O) groups excluding carboxylic acids is 1. The molecule has 0 atom stereocenters. The van der Waals surface area contributed by atoms with E-state index in [-0.39, 0.29) is 11.3 Å². The number of pyridine rings is 1. The fourth-order valence-corrected chi connectivity index (χ4v) is 1.77. The van der Waals surface area contributed by atoms with Crippen LogP contribution in [0.25, 0.3) is 0 Å². The predicted octanol–water partition coefficient (Wildman–Crippen LogP) is 2.26. The number of carboxylic acids is 1. The molecule has 0 radical (unpaired) electrons. The lowest BCUT2D eigenvalue weighted by Gasteiger charge is -2.06. The average Bonchev–Trinajstić information content (AvgIpc) is 2.54. The second kappa shape index (κ2) is 8.29. The summed E-state index contributed by atoms with van der Waals surface area (Å²) in [7, 11) is 1.45. The second-order valence-corrected chi connectivity index (χ2v) is 4.74. The third-order valence-corrected chi connectivity index (χ3v) is 2.94. The normalized spacial score (nSPS) is 11.5. The standard InChI is InChI=1S/C17H17N3O3/c1-4-12(10-18)6-5-11(2)7-14-8-13(17(22)23)9-15(20-14)16(21)19-3/h4-6,8-9H,1,7H2,2-3H3,(H,19,21)(H,22,23)/b11-5+,12-6+. The van der Waals surface area contributed by atoms with Gasteiger partial charge >= 0.3 is 5.97 Å². The highest BCUT2D eigenvalue weighted by molar-refractivity contribution is 5.95. The third kappa shape index (κ3) is 5.25. The monoisotopic (exact) mass is 311 g/mol. The van der Waals surface area contributed by atoms with Gasteiger partial charge in [-0.25, -0.2) is 9.78 Å². The van der Waals surface area contributed by atoms with Gasteiger partial charge < -0.3 is 10.4 Å². The molecule has 1 aromatic rings. The molecule has 1 heterocycles. The lowest BCUT2D eigenvalue weighted by atomic mass is 10.1. The molecule has 0 aliphatic rings. The molecular formula is C17H17N3O3. The zero-order valence-electron chi connectivity index (χ0n) is 13.0. The number of aromatic nitrogens is 1. The predicted molar refractivity (Wildman–Crippen MR) is 85.9 cm³/mol. The maximum absolute atomic E-state index is 11.7. The minimum absolute atomic E-state index is 0.000692. The Kier molecular flexibility index (Phi) is 6.44. The largest absolute Gasteiger partial charge is 0.478 e. The lowest BCUT2D eigenvalue weighted by Crippen LogP contribution is -2.20. The number of nitriles is 1. The molecule has 23 heavy (non-hydrogen) atoms. The van der Waals surface area contributed by atoms with Gasteiger partial charge in [0.05, 0.1) is 17.2 Å². The van der Waals surface area contributed by atoms with Gasteiger partial charge in [0.2, 0.25) is 0 Å². The van der Waals surface area contributed by atoms with Crippen LogP contribution in [0.15, 0.2) is 48.1 Å². The average molecular weight is 311 g/mol. The number of hydrogen-bond donors (Lipinski definition) is 2. The van der Waals surface area contributed by atoms with Gasteiger partial charge in [-0.2, -0.15) is 5.26 Å². The first-order chi connectivity index (χ1) is 10.9. The summed E-state index contributed by atoms with van der Waals surface area (Å²) >= 11 is 0. The Bertz CT molecular complexity index is 740. The van der Waals surface area contributed by atoms with Crippen molar-refractivity contribution in [2.45, 2.75) is 13.3 Å². The van der Waals surface area contributed by atoms with E-state index in [4.69, 9.17) is 10.4 Å². The van der Waals surface area contributed by atoms with Crippen molar-refractivity contribution in [2.24, 2.45) is 0 Å². The summed E-state index contributed by atoms with van der Waals surface area (Å²) in [6.07, 6.45) is 5.15. The first-order valence-electron chi connectivity index (χ1n) is 6.77. The Balaban J connectivity index is 3.15. The second-order valence-electron chi connectivity index (χ2n) is 4.74. The SMILES string of the molecule is C=C/C(C#N)=C\C=C(/C)Cc1cc(C(=O)O)cc(C(=O)NC)n1. The quantitative estimate of drug-likeness (QED) is 0.619. The van der Waals surface area contributed by atoms with E-state index in [1.54, 1.807) is 12.2 Å². The third-order valence-electron chi connectivity index (χ3n) is 2.94. The molecule has 0 aliphatic carbocycles. The zero-order valence-corrected chi connectivity index (χ0v) is 13.0. The maximum Gasteiger partial charge on any atom is 0.335 e. The molecule has 0 aromatic carbocycles. The molecule has 118 valence electrons. The summed E-state index contributed by atoms with van der Waals surface area (Å²) in [5.74, 6) is -1.58. The minimum atomic E-state index is -1.13. The number of hydrogen-bond acceptors (Lipinski definition) is 4. The Morgan fingerprint density at radius 2 is 2.13 bits per heavy atom. The first kappa shape index (κ1) is 17.9. The molecule has 0 saturated heterocycles. The van der Waals surface area contributed by atoms with Gasteiger partial charge in [0.15, 0.2) is 0 Å². The van der Waals surface area contributed by atoms with Crippen LogP contribution < -0.4 is 5.32 Å². The fourth-order valence-electron chi connectivity index (χ4n) is 1.77. The molecular weight excluding hydrogens is 294 g/mol. The van der Waals surface area contributed by atoms with Crippen LogP contribution in [0, 0.1) is 11.3 Å². The van der Waals surface area contributed by atoms with Crippen LogP contribution in [0.2, 0.25) is 0 Å². The molecule has 0 saturated carbocycles. The van der Waals surface area contributed by atoms with Gasteiger partial charge in [0.1, 0.15) is 5.69 Å². The number of amides is 1. The molecule has 1 amide bonds. The summed E-state index contributed by atoms with van der Waals surface area (Å²) in [4.78, 5) is 27.0. The summed E-state index contributed by atoms with van der Waals surface area (Å²) < 4.78 is 0. The molecule has 0 fully saturated rings. The summed E-state index contributed by atoms with van der Waals surface area (Å²) in [5, 5.41) is 20.4. The van der Waals surface area contributed by atoms with E-state index < -0.39 is 11.9 Å². The van der Waals surface area contributed by atoms with Gasteiger partial charge in [-0.15, -0.1) is 0 Å². The van der Waals surface area contributed by atoms with Gasteiger partial charge in [-0.3, -0.25) is 4.79 Å². The highest BCUT2D eigenvalue weighted by Gasteiger charge is 2.13. The van der Waals surface area contributed by atoms with Crippen molar-refractivity contribution in [1.29, 1.82) is 5.26 Å². The molecule has 0 spiro atoms. The van der Waals surface area contributed by atoms with E-state index in [2.05, 4.69) is 16.9 Å². The van der Waals surface area contributed by atoms with Crippen LogP contribution in [0.3, 0.4) is 0 Å². The smallest absolute Gasteiger partial charge is 0.335 e. The van der Waals surface area contributed by atoms with Crippen molar-refractivity contribution < 1.29 is 14.7 Å². The van der Waals surface area contributed by atoms with Crippen molar-refractivity contribution in [3.05, 3.63) is 65.0 Å². The maximum atomic E-state index is 11.7. The first-order valence-corrected chi connectivity index (χ1v) is 6.77. The molecule has 0 aliphatic heterocycles. The zero-order chi connectivity index (χ0) is 17.4. The van der Waals surface area contributed by atoms with Gasteiger partial charge in [-0.05, 0) is 25.1 Å². The van der Waals surface area contributed by atoms with E-state index in [1.165, 1.54) is 25.3 Å². The summed E-state index contributed by atoms with van der Waals surface area (Å²) in [6, 6.07) is 4.64. The Hall–Kier alpha value is -3.20. The highest BCUT2D eigenvalue weighted by atomic mass is 16.4. The molecule has 0 bridgehead atoms. The fraction of sp³-hybridized carbons (Fsp3) is 0.176. The molecule has 6 heteroatoms. The van der Waals surface area contributed by atoms with Crippen molar-refractivity contribution in [2.75, 3.05) is 7.05 Å². The number of nitrogens with zero attached hydrogens (tertiary/aromatic N) is 2. The lowest BCUT2D eigenvalue weighted by molar-refractivity contribution is 0.0696. The van der Waals surface area contributed by atoms with Crippen LogP contribution in [0.4, 0.5) is 0 Å². The van der Waals surface area contributed by atoms with E-state index in [0.717, 1.165) is 5.57 Å². The molecule has 1 aromatic heterocycles. The van der Waals surface area contributed by atoms with Crippen LogP contribution in [-0.2, 0) is 6.42 Å². The van der Waals surface area contributed by atoms with Gasteiger partial charge in [0, 0.05) is 19.2 Å². The molecule has 0 unspecified atom stereocenters. The summed E-state index contributed by atoms with van der Waals surface area (Å²) in [6.45, 7) is 5.35. The number of nitrogens with one attached hydrogen (secondary N) is 1. The van der Waals surface area contributed by atoms with Gasteiger partial charge in [0.25, 0.3) is 5.91 Å². The van der Waals surface area contributed by atoms with Crippen LogP contribution in [0.1, 0.15) is 33.5 Å². The van der Waals surface area contributed by atoms with Crippen molar-refractivity contribution >= 4 is 11.9 Å². The van der Waals surface area contributed by atoms with E-state index in [0.29, 0.717) is 17.7 Å². The number of carbonyl (C=O) groups is 2. The number of carboxylic acid groups (broad SMARTS) is 1.